The van der Waals surface area contributed by atoms with Gasteiger partial charge in [0, 0.05) is 32.2 Å². The molecule has 2 aliphatic heterocycles. The summed E-state index contributed by atoms with van der Waals surface area (Å²) in [6.07, 6.45) is 0. The van der Waals surface area contributed by atoms with Crippen LogP contribution in [0.1, 0.15) is 18.5 Å². The molecule has 0 radical (unpaired) electrons. The van der Waals surface area contributed by atoms with Crippen molar-refractivity contribution in [2.24, 2.45) is 11.8 Å². The van der Waals surface area contributed by atoms with E-state index in [0.29, 0.717) is 24.4 Å². The second-order valence-corrected chi connectivity index (χ2v) is 6.37. The first-order valence-corrected chi connectivity index (χ1v) is 7.93. The molecule has 2 aliphatic rings. The molecule has 0 bridgehead atoms. The summed E-state index contributed by atoms with van der Waals surface area (Å²) < 4.78 is 0. The minimum Gasteiger partial charge on any atom is -0.355 e. The number of hydrogen-bond acceptors (Lipinski definition) is 3. The van der Waals surface area contributed by atoms with Crippen LogP contribution in [0.15, 0.2) is 30.3 Å². The molecule has 4 nitrogen and oxygen atoms in total. The summed E-state index contributed by atoms with van der Waals surface area (Å²) in [5.41, 5.74) is 1.41. The standard InChI is InChI=1S/C17H25N3O/c1-3-18-16(21)12-20-10-14-9-19(2)17(15(14)11-20)13-7-5-4-6-8-13/h4-8,14-15,17H,3,9-12H2,1-2H3,(H,18,21)/t14-,15-,17+/m0/s1. The number of nitrogens with zero attached hydrogens (tertiary/aromatic N) is 2. The van der Waals surface area contributed by atoms with Gasteiger partial charge in [0.05, 0.1) is 6.54 Å². The first kappa shape index (κ1) is 14.5. The third kappa shape index (κ3) is 2.97. The Labute approximate surface area is 127 Å². The van der Waals surface area contributed by atoms with Crippen LogP contribution in [0, 0.1) is 11.8 Å². The van der Waals surface area contributed by atoms with Crippen molar-refractivity contribution in [3.05, 3.63) is 35.9 Å². The van der Waals surface area contributed by atoms with Gasteiger partial charge in [-0.25, -0.2) is 0 Å². The van der Waals surface area contributed by atoms with Gasteiger partial charge in [-0.2, -0.15) is 0 Å². The van der Waals surface area contributed by atoms with E-state index in [1.807, 2.05) is 6.92 Å². The number of amides is 1. The van der Waals surface area contributed by atoms with E-state index in [0.717, 1.165) is 26.2 Å². The van der Waals surface area contributed by atoms with Crippen LogP contribution in [0.2, 0.25) is 0 Å². The summed E-state index contributed by atoms with van der Waals surface area (Å²) in [4.78, 5) is 16.6. The van der Waals surface area contributed by atoms with Gasteiger partial charge in [-0.1, -0.05) is 30.3 Å². The maximum Gasteiger partial charge on any atom is 0.234 e. The van der Waals surface area contributed by atoms with Crippen molar-refractivity contribution >= 4 is 5.91 Å². The number of carbonyl (C=O) groups is 1. The average Bonchev–Trinajstić information content (AvgIpc) is 2.95. The van der Waals surface area contributed by atoms with E-state index in [1.165, 1.54) is 5.56 Å². The lowest BCUT2D eigenvalue weighted by molar-refractivity contribution is -0.122. The molecule has 2 heterocycles. The van der Waals surface area contributed by atoms with Gasteiger partial charge in [0.25, 0.3) is 0 Å². The lowest BCUT2D eigenvalue weighted by Crippen LogP contribution is -2.37. The van der Waals surface area contributed by atoms with Gasteiger partial charge in [0.1, 0.15) is 0 Å². The Kier molecular flexibility index (Phi) is 4.27. The highest BCUT2D eigenvalue weighted by Crippen LogP contribution is 2.43. The number of rotatable bonds is 4. The minimum atomic E-state index is 0.155. The predicted molar refractivity (Wildman–Crippen MR) is 83.9 cm³/mol. The Balaban J connectivity index is 1.68. The van der Waals surface area contributed by atoms with Gasteiger partial charge in [0.2, 0.25) is 5.91 Å². The largest absolute Gasteiger partial charge is 0.355 e. The molecule has 0 spiro atoms. The fraction of sp³-hybridized carbons (Fsp3) is 0.588. The first-order valence-electron chi connectivity index (χ1n) is 7.93. The summed E-state index contributed by atoms with van der Waals surface area (Å²) in [7, 11) is 2.23. The Morgan fingerprint density at radius 1 is 1.24 bits per heavy atom. The number of hydrogen-bond donors (Lipinski definition) is 1. The van der Waals surface area contributed by atoms with Crippen LogP contribution >= 0.6 is 0 Å². The fourth-order valence-electron chi connectivity index (χ4n) is 4.09. The summed E-state index contributed by atoms with van der Waals surface area (Å²) in [6, 6.07) is 11.3. The van der Waals surface area contributed by atoms with Crippen molar-refractivity contribution in [1.29, 1.82) is 0 Å². The first-order chi connectivity index (χ1) is 10.2. The summed E-state index contributed by atoms with van der Waals surface area (Å²) in [5.74, 6) is 1.49. The Morgan fingerprint density at radius 3 is 2.71 bits per heavy atom. The zero-order chi connectivity index (χ0) is 14.8. The van der Waals surface area contributed by atoms with E-state index in [1.54, 1.807) is 0 Å². The predicted octanol–water partition coefficient (Wildman–Crippen LogP) is 1.36. The topological polar surface area (TPSA) is 35.6 Å². The molecule has 0 unspecified atom stereocenters. The molecule has 2 saturated heterocycles. The maximum absolute atomic E-state index is 11.8. The van der Waals surface area contributed by atoms with Gasteiger partial charge >= 0.3 is 0 Å². The van der Waals surface area contributed by atoms with Gasteiger partial charge < -0.3 is 5.32 Å². The zero-order valence-corrected chi connectivity index (χ0v) is 13.0. The molecular formula is C17H25N3O. The number of benzene rings is 1. The van der Waals surface area contributed by atoms with Gasteiger partial charge in [-0.15, -0.1) is 0 Å². The van der Waals surface area contributed by atoms with Crippen molar-refractivity contribution in [3.63, 3.8) is 0 Å². The zero-order valence-electron chi connectivity index (χ0n) is 13.0. The van der Waals surface area contributed by atoms with Crippen molar-refractivity contribution in [1.82, 2.24) is 15.1 Å². The highest BCUT2D eigenvalue weighted by molar-refractivity contribution is 5.77. The van der Waals surface area contributed by atoms with E-state index in [9.17, 15) is 4.79 Å². The molecule has 0 aromatic heterocycles. The van der Waals surface area contributed by atoms with Crippen molar-refractivity contribution < 1.29 is 4.79 Å². The summed E-state index contributed by atoms with van der Waals surface area (Å²) >= 11 is 0. The Morgan fingerprint density at radius 2 is 2.00 bits per heavy atom. The fourth-order valence-corrected chi connectivity index (χ4v) is 4.09. The molecule has 4 heteroatoms. The molecule has 1 aromatic rings. The van der Waals surface area contributed by atoms with Crippen molar-refractivity contribution in [3.8, 4) is 0 Å². The summed E-state index contributed by atoms with van der Waals surface area (Å²) in [5, 5.41) is 2.90. The number of carbonyl (C=O) groups excluding carboxylic acids is 1. The van der Waals surface area contributed by atoms with E-state index in [4.69, 9.17) is 0 Å². The molecule has 21 heavy (non-hydrogen) atoms. The van der Waals surface area contributed by atoms with Crippen LogP contribution in [0.3, 0.4) is 0 Å². The highest BCUT2D eigenvalue weighted by Gasteiger charge is 2.46. The summed E-state index contributed by atoms with van der Waals surface area (Å²) in [6.45, 7) is 6.45. The van der Waals surface area contributed by atoms with Gasteiger partial charge in [-0.05, 0) is 31.4 Å². The Hall–Kier alpha value is -1.39. The molecule has 2 fully saturated rings. The van der Waals surface area contributed by atoms with Crippen molar-refractivity contribution in [2.75, 3.05) is 39.8 Å². The normalized spacial score (nSPS) is 29.5. The minimum absolute atomic E-state index is 0.155. The maximum atomic E-state index is 11.8. The molecule has 1 N–H and O–H groups in total. The van der Waals surface area contributed by atoms with Crippen LogP contribution in [-0.4, -0.2) is 55.5 Å². The SMILES string of the molecule is CCNC(=O)CN1C[C@@H]2CN(C)[C@H](c3ccccc3)[C@H]2C1. The van der Waals surface area contributed by atoms with Crippen LogP contribution in [-0.2, 0) is 4.79 Å². The molecule has 1 aromatic carbocycles. The average molecular weight is 287 g/mol. The van der Waals surface area contributed by atoms with E-state index >= 15 is 0 Å². The van der Waals surface area contributed by atoms with E-state index in [2.05, 4.69) is 52.5 Å². The molecule has 3 rings (SSSR count). The molecule has 3 atom stereocenters. The third-order valence-electron chi connectivity index (χ3n) is 4.85. The van der Waals surface area contributed by atoms with Crippen molar-refractivity contribution in [2.45, 2.75) is 13.0 Å². The van der Waals surface area contributed by atoms with Gasteiger partial charge in [-0.3, -0.25) is 14.6 Å². The third-order valence-corrected chi connectivity index (χ3v) is 4.85. The molecule has 0 saturated carbocycles. The van der Waals surface area contributed by atoms with E-state index in [-0.39, 0.29) is 5.91 Å². The lowest BCUT2D eigenvalue weighted by Gasteiger charge is -2.26. The Bertz CT molecular complexity index is 490. The second kappa shape index (κ2) is 6.16. The number of nitrogens with one attached hydrogen (secondary N) is 1. The molecular weight excluding hydrogens is 262 g/mol. The van der Waals surface area contributed by atoms with E-state index < -0.39 is 0 Å². The highest BCUT2D eigenvalue weighted by atomic mass is 16.2. The molecule has 114 valence electrons. The lowest BCUT2D eigenvalue weighted by atomic mass is 9.90. The monoisotopic (exact) mass is 287 g/mol. The van der Waals surface area contributed by atoms with Gasteiger partial charge in [0.15, 0.2) is 0 Å². The molecule has 1 amide bonds. The number of fused-ring (bicyclic) bond motifs is 1. The number of likely N-dealkylation sites (N-methyl/N-ethyl adjacent to an activating group) is 1. The second-order valence-electron chi connectivity index (χ2n) is 6.37. The number of likely N-dealkylation sites (tertiary alicyclic amines) is 2. The quantitative estimate of drug-likeness (QED) is 0.908. The molecule has 0 aliphatic carbocycles. The smallest absolute Gasteiger partial charge is 0.234 e. The van der Waals surface area contributed by atoms with Crippen LogP contribution in [0.5, 0.6) is 0 Å². The van der Waals surface area contributed by atoms with Crippen LogP contribution in [0.25, 0.3) is 0 Å². The van der Waals surface area contributed by atoms with Crippen LogP contribution in [0.4, 0.5) is 0 Å². The van der Waals surface area contributed by atoms with Crippen LogP contribution < -0.4 is 5.32 Å².